The molecular weight excluding hydrogens is 371 g/mol. The van der Waals surface area contributed by atoms with E-state index in [0.717, 1.165) is 10.0 Å². The number of hydrogen-bond acceptors (Lipinski definition) is 0. The highest BCUT2D eigenvalue weighted by Gasteiger charge is 2.16. The Hall–Kier alpha value is -0.670. The van der Waals surface area contributed by atoms with Crippen molar-refractivity contribution in [1.82, 2.24) is 0 Å². The molecule has 0 bridgehead atoms. The van der Waals surface area contributed by atoms with Crippen LogP contribution in [0.5, 0.6) is 0 Å². The molecule has 19 heavy (non-hydrogen) atoms. The molecule has 1 atom stereocenters. The maximum atomic E-state index is 13.5. The van der Waals surface area contributed by atoms with E-state index in [9.17, 15) is 4.39 Å². The van der Waals surface area contributed by atoms with Gasteiger partial charge in [-0.1, -0.05) is 49.6 Å². The van der Waals surface area contributed by atoms with Gasteiger partial charge >= 0.3 is 0 Å². The number of aryl methyl sites for hydroxylation is 3. The van der Waals surface area contributed by atoms with Gasteiger partial charge in [-0.15, -0.1) is 0 Å². The average molecular weight is 386 g/mol. The van der Waals surface area contributed by atoms with E-state index in [-0.39, 0.29) is 10.6 Å². The summed E-state index contributed by atoms with van der Waals surface area (Å²) in [6.45, 7) is 6.28. The van der Waals surface area contributed by atoms with Crippen LogP contribution in [0.25, 0.3) is 0 Å². The molecule has 2 aromatic carbocycles. The lowest BCUT2D eigenvalue weighted by Gasteiger charge is -2.18. The second-order valence-electron chi connectivity index (χ2n) is 4.88. The van der Waals surface area contributed by atoms with E-state index in [1.165, 1.54) is 28.3 Å². The molecule has 2 rings (SSSR count). The largest absolute Gasteiger partial charge is 0.207 e. The molecule has 0 saturated heterocycles. The topological polar surface area (TPSA) is 0 Å². The molecule has 0 amide bonds. The highest BCUT2D eigenvalue weighted by atomic mass is 79.9. The van der Waals surface area contributed by atoms with E-state index < -0.39 is 0 Å². The summed E-state index contributed by atoms with van der Waals surface area (Å²) in [5, 5.41) is 0. The third-order valence-corrected chi connectivity index (χ3v) is 4.61. The Kier molecular flexibility index (Phi) is 4.46. The van der Waals surface area contributed by atoms with Crippen molar-refractivity contribution in [2.24, 2.45) is 0 Å². The smallest absolute Gasteiger partial charge is 0.124 e. The van der Waals surface area contributed by atoms with Crippen molar-refractivity contribution in [2.75, 3.05) is 0 Å². The lowest BCUT2D eigenvalue weighted by molar-refractivity contribution is 0.625. The number of alkyl halides is 1. The first-order chi connectivity index (χ1) is 8.88. The number of benzene rings is 2. The molecule has 0 heterocycles. The average Bonchev–Trinajstić information content (AvgIpc) is 2.25. The monoisotopic (exact) mass is 384 g/mol. The molecular formula is C16H15Br2F. The summed E-state index contributed by atoms with van der Waals surface area (Å²) in [5.41, 5.74) is 5.82. The van der Waals surface area contributed by atoms with E-state index in [4.69, 9.17) is 0 Å². The Labute approximate surface area is 130 Å². The third-order valence-electron chi connectivity index (χ3n) is 3.17. The molecule has 0 nitrogen and oxygen atoms in total. The van der Waals surface area contributed by atoms with Crippen LogP contribution in [0.4, 0.5) is 4.39 Å². The van der Waals surface area contributed by atoms with Gasteiger partial charge in [-0.25, -0.2) is 4.39 Å². The van der Waals surface area contributed by atoms with Crippen LogP contribution in [-0.4, -0.2) is 0 Å². The van der Waals surface area contributed by atoms with Crippen molar-refractivity contribution in [2.45, 2.75) is 25.6 Å². The normalized spacial score (nSPS) is 12.5. The summed E-state index contributed by atoms with van der Waals surface area (Å²) >= 11 is 7.04. The quantitative estimate of drug-likeness (QED) is 0.556. The molecule has 1 unspecified atom stereocenters. The molecule has 0 aliphatic rings. The summed E-state index contributed by atoms with van der Waals surface area (Å²) in [6.07, 6.45) is 0. The summed E-state index contributed by atoms with van der Waals surface area (Å²) in [7, 11) is 0. The minimum Gasteiger partial charge on any atom is -0.207 e. The number of rotatable bonds is 2. The fraction of sp³-hybridized carbons (Fsp3) is 0.250. The minimum absolute atomic E-state index is 0.0000926. The Morgan fingerprint density at radius 1 is 0.947 bits per heavy atom. The maximum Gasteiger partial charge on any atom is 0.124 e. The molecule has 2 aromatic rings. The van der Waals surface area contributed by atoms with Crippen molar-refractivity contribution in [3.63, 3.8) is 0 Å². The highest BCUT2D eigenvalue weighted by Crippen LogP contribution is 2.36. The van der Waals surface area contributed by atoms with Crippen LogP contribution < -0.4 is 0 Å². The van der Waals surface area contributed by atoms with Crippen LogP contribution in [0.2, 0.25) is 0 Å². The lowest BCUT2D eigenvalue weighted by atomic mass is 9.94. The number of halogens is 3. The molecule has 0 aliphatic heterocycles. The van der Waals surface area contributed by atoms with Gasteiger partial charge in [0.25, 0.3) is 0 Å². The number of hydrogen-bond donors (Lipinski definition) is 0. The predicted octanol–water partition coefficient (Wildman–Crippen LogP) is 6.00. The van der Waals surface area contributed by atoms with Crippen LogP contribution >= 0.6 is 31.9 Å². The summed E-state index contributed by atoms with van der Waals surface area (Å²) in [5.74, 6) is -0.226. The Balaban J connectivity index is 2.52. The zero-order chi connectivity index (χ0) is 14.2. The van der Waals surface area contributed by atoms with Crippen molar-refractivity contribution in [3.05, 3.63) is 68.4 Å². The Morgan fingerprint density at radius 2 is 1.53 bits per heavy atom. The van der Waals surface area contributed by atoms with Crippen molar-refractivity contribution >= 4 is 31.9 Å². The first-order valence-corrected chi connectivity index (χ1v) is 7.77. The van der Waals surface area contributed by atoms with Crippen LogP contribution in [-0.2, 0) is 0 Å². The first kappa shape index (κ1) is 14.7. The fourth-order valence-electron chi connectivity index (χ4n) is 2.48. The zero-order valence-electron chi connectivity index (χ0n) is 11.1. The van der Waals surface area contributed by atoms with E-state index in [1.54, 1.807) is 6.07 Å². The Bertz CT molecular complexity index is 577. The van der Waals surface area contributed by atoms with E-state index in [2.05, 4.69) is 64.8 Å². The fourth-order valence-corrected chi connectivity index (χ4v) is 3.95. The van der Waals surface area contributed by atoms with Crippen molar-refractivity contribution < 1.29 is 4.39 Å². The van der Waals surface area contributed by atoms with Gasteiger partial charge in [0.1, 0.15) is 5.82 Å². The molecule has 0 saturated carbocycles. The van der Waals surface area contributed by atoms with Gasteiger partial charge in [0.05, 0.1) is 4.83 Å². The highest BCUT2D eigenvalue weighted by molar-refractivity contribution is 9.10. The van der Waals surface area contributed by atoms with Crippen LogP contribution in [0.1, 0.15) is 32.6 Å². The van der Waals surface area contributed by atoms with Gasteiger partial charge in [-0.05, 0) is 61.2 Å². The van der Waals surface area contributed by atoms with Crippen LogP contribution in [0.3, 0.4) is 0 Å². The standard InChI is InChI=1S/C16H15Br2F/c1-9-4-10(2)15(11(3)5-9)16(18)12-6-13(17)8-14(19)7-12/h4-8,16H,1-3H3. The van der Waals surface area contributed by atoms with Crippen LogP contribution in [0.15, 0.2) is 34.8 Å². The molecule has 0 aliphatic carbocycles. The van der Waals surface area contributed by atoms with E-state index in [1.807, 2.05) is 6.07 Å². The summed E-state index contributed by atoms with van der Waals surface area (Å²) < 4.78 is 14.3. The molecule has 3 heteroatoms. The van der Waals surface area contributed by atoms with Gasteiger partial charge in [0.15, 0.2) is 0 Å². The molecule has 0 radical (unpaired) electrons. The van der Waals surface area contributed by atoms with E-state index in [0.29, 0.717) is 0 Å². The molecule has 0 spiro atoms. The van der Waals surface area contributed by atoms with Gasteiger partial charge < -0.3 is 0 Å². The molecule has 0 fully saturated rings. The maximum absolute atomic E-state index is 13.5. The first-order valence-electron chi connectivity index (χ1n) is 6.06. The van der Waals surface area contributed by atoms with Gasteiger partial charge in [-0.2, -0.15) is 0 Å². The van der Waals surface area contributed by atoms with E-state index >= 15 is 0 Å². The summed E-state index contributed by atoms with van der Waals surface area (Å²) in [6, 6.07) is 9.30. The molecule has 0 aromatic heterocycles. The van der Waals surface area contributed by atoms with Gasteiger partial charge in [0, 0.05) is 4.47 Å². The van der Waals surface area contributed by atoms with Crippen molar-refractivity contribution in [1.29, 1.82) is 0 Å². The van der Waals surface area contributed by atoms with Gasteiger partial charge in [-0.3, -0.25) is 0 Å². The summed E-state index contributed by atoms with van der Waals surface area (Å²) in [4.78, 5) is 0.0000926. The van der Waals surface area contributed by atoms with Crippen LogP contribution in [0, 0.1) is 26.6 Å². The van der Waals surface area contributed by atoms with Crippen molar-refractivity contribution in [3.8, 4) is 0 Å². The second kappa shape index (κ2) is 5.76. The van der Waals surface area contributed by atoms with Gasteiger partial charge in [0.2, 0.25) is 0 Å². The molecule has 0 N–H and O–H groups in total. The predicted molar refractivity (Wildman–Crippen MR) is 85.5 cm³/mol. The second-order valence-corrected chi connectivity index (χ2v) is 6.71. The SMILES string of the molecule is Cc1cc(C)c(C(Br)c2cc(F)cc(Br)c2)c(C)c1. The Morgan fingerprint density at radius 3 is 2.05 bits per heavy atom. The lowest BCUT2D eigenvalue weighted by Crippen LogP contribution is -2.00. The third kappa shape index (κ3) is 3.26. The minimum atomic E-state index is -0.226. The molecule has 100 valence electrons. The zero-order valence-corrected chi connectivity index (χ0v) is 14.3.